The highest BCUT2D eigenvalue weighted by molar-refractivity contribution is 5.92. The number of oxazole rings is 1. The SMILES string of the molecule is Cc1oc(-c2ccccc2F)nc1CC(=O)Nc1ccc2c(c1)OCCO2. The van der Waals surface area contributed by atoms with Crippen LogP contribution in [0, 0.1) is 12.7 Å². The first-order chi connectivity index (χ1) is 13.1. The second-order valence-electron chi connectivity index (χ2n) is 6.09. The van der Waals surface area contributed by atoms with Gasteiger partial charge in [-0.15, -0.1) is 0 Å². The standard InChI is InChI=1S/C20H17FN2O4/c1-12-16(23-20(27-12)14-4-2-3-5-15(14)21)11-19(24)22-13-6-7-17-18(10-13)26-9-8-25-17/h2-7,10H,8-9,11H2,1H3,(H,22,24). The maximum Gasteiger partial charge on any atom is 0.230 e. The van der Waals surface area contributed by atoms with E-state index in [0.29, 0.717) is 41.9 Å². The highest BCUT2D eigenvalue weighted by Gasteiger charge is 2.18. The van der Waals surface area contributed by atoms with Gasteiger partial charge in [0.1, 0.15) is 24.8 Å². The molecule has 1 aromatic heterocycles. The summed E-state index contributed by atoms with van der Waals surface area (Å²) in [6.07, 6.45) is 0.0121. The number of anilines is 1. The minimum atomic E-state index is -0.425. The molecule has 2 heterocycles. The molecule has 0 radical (unpaired) electrons. The molecule has 4 rings (SSSR count). The normalized spacial score (nSPS) is 12.7. The van der Waals surface area contributed by atoms with Gasteiger partial charge in [0, 0.05) is 11.8 Å². The van der Waals surface area contributed by atoms with Crippen molar-refractivity contribution in [1.82, 2.24) is 4.98 Å². The van der Waals surface area contributed by atoms with Crippen LogP contribution in [0.2, 0.25) is 0 Å². The number of nitrogens with one attached hydrogen (secondary N) is 1. The summed E-state index contributed by atoms with van der Waals surface area (Å²) in [7, 11) is 0. The van der Waals surface area contributed by atoms with Crippen molar-refractivity contribution in [2.45, 2.75) is 13.3 Å². The van der Waals surface area contributed by atoms with Crippen LogP contribution in [0.15, 0.2) is 46.9 Å². The van der Waals surface area contributed by atoms with Gasteiger partial charge in [0.2, 0.25) is 11.8 Å². The number of benzene rings is 2. The second-order valence-corrected chi connectivity index (χ2v) is 6.09. The van der Waals surface area contributed by atoms with Gasteiger partial charge in [-0.3, -0.25) is 4.79 Å². The summed E-state index contributed by atoms with van der Waals surface area (Å²) in [5, 5.41) is 2.80. The van der Waals surface area contributed by atoms with Crippen molar-refractivity contribution in [3.63, 3.8) is 0 Å². The Labute approximate surface area is 154 Å². The molecule has 1 aliphatic rings. The predicted octanol–water partition coefficient (Wildman–Crippen LogP) is 3.74. The van der Waals surface area contributed by atoms with Crippen molar-refractivity contribution in [2.75, 3.05) is 18.5 Å². The maximum absolute atomic E-state index is 13.9. The molecule has 0 bridgehead atoms. The van der Waals surface area contributed by atoms with Crippen molar-refractivity contribution in [3.05, 3.63) is 59.7 Å². The lowest BCUT2D eigenvalue weighted by Gasteiger charge is -2.18. The highest BCUT2D eigenvalue weighted by Crippen LogP contribution is 2.32. The van der Waals surface area contributed by atoms with Crippen molar-refractivity contribution >= 4 is 11.6 Å². The first-order valence-electron chi connectivity index (χ1n) is 8.51. The Morgan fingerprint density at radius 3 is 2.74 bits per heavy atom. The molecular formula is C20H17FN2O4. The average molecular weight is 368 g/mol. The number of fused-ring (bicyclic) bond motifs is 1. The molecule has 0 saturated carbocycles. The van der Waals surface area contributed by atoms with Crippen molar-refractivity contribution in [3.8, 4) is 23.0 Å². The van der Waals surface area contributed by atoms with Gasteiger partial charge in [-0.2, -0.15) is 0 Å². The van der Waals surface area contributed by atoms with Gasteiger partial charge >= 0.3 is 0 Å². The Bertz CT molecular complexity index is 999. The molecule has 27 heavy (non-hydrogen) atoms. The fraction of sp³-hybridized carbons (Fsp3) is 0.200. The zero-order chi connectivity index (χ0) is 18.8. The third-order valence-corrected chi connectivity index (χ3v) is 4.15. The predicted molar refractivity (Wildman–Crippen MR) is 96.4 cm³/mol. The fourth-order valence-corrected chi connectivity index (χ4v) is 2.82. The molecule has 6 nitrogen and oxygen atoms in total. The molecule has 0 atom stereocenters. The molecule has 2 aromatic carbocycles. The van der Waals surface area contributed by atoms with Crippen LogP contribution < -0.4 is 14.8 Å². The minimum absolute atomic E-state index is 0.0121. The Hall–Kier alpha value is -3.35. The van der Waals surface area contributed by atoms with E-state index in [-0.39, 0.29) is 23.8 Å². The summed E-state index contributed by atoms with van der Waals surface area (Å²) in [6, 6.07) is 11.4. The fourth-order valence-electron chi connectivity index (χ4n) is 2.82. The number of ether oxygens (including phenoxy) is 2. The number of nitrogens with zero attached hydrogens (tertiary/aromatic N) is 1. The number of aryl methyl sites for hydroxylation is 1. The number of halogens is 1. The molecule has 3 aromatic rings. The van der Waals surface area contributed by atoms with Crippen LogP contribution in [0.3, 0.4) is 0 Å². The summed E-state index contributed by atoms with van der Waals surface area (Å²) < 4.78 is 30.4. The topological polar surface area (TPSA) is 73.6 Å². The van der Waals surface area contributed by atoms with E-state index in [1.807, 2.05) is 0 Å². The average Bonchev–Trinajstić information content (AvgIpc) is 3.02. The van der Waals surface area contributed by atoms with Gasteiger partial charge in [-0.05, 0) is 31.2 Å². The first kappa shape index (κ1) is 17.1. The summed E-state index contributed by atoms with van der Waals surface area (Å²) in [5.74, 6) is 1.20. The van der Waals surface area contributed by atoms with Gasteiger partial charge in [-0.25, -0.2) is 9.37 Å². The summed E-state index contributed by atoms with van der Waals surface area (Å²) in [6.45, 7) is 2.68. The molecule has 1 amide bonds. The van der Waals surface area contributed by atoms with Crippen LogP contribution in [0.4, 0.5) is 10.1 Å². The molecule has 1 N–H and O–H groups in total. The van der Waals surface area contributed by atoms with Gasteiger partial charge in [-0.1, -0.05) is 12.1 Å². The van der Waals surface area contributed by atoms with E-state index in [9.17, 15) is 9.18 Å². The Morgan fingerprint density at radius 2 is 1.93 bits per heavy atom. The van der Waals surface area contributed by atoms with E-state index in [0.717, 1.165) is 0 Å². The van der Waals surface area contributed by atoms with E-state index in [4.69, 9.17) is 13.9 Å². The van der Waals surface area contributed by atoms with Crippen LogP contribution in [0.25, 0.3) is 11.5 Å². The lowest BCUT2D eigenvalue weighted by molar-refractivity contribution is -0.115. The Morgan fingerprint density at radius 1 is 1.15 bits per heavy atom. The molecule has 7 heteroatoms. The smallest absolute Gasteiger partial charge is 0.230 e. The van der Waals surface area contributed by atoms with Crippen LogP contribution in [-0.2, 0) is 11.2 Å². The lowest BCUT2D eigenvalue weighted by atomic mass is 10.2. The summed E-state index contributed by atoms with van der Waals surface area (Å²) in [4.78, 5) is 16.7. The number of aromatic nitrogens is 1. The highest BCUT2D eigenvalue weighted by atomic mass is 19.1. The molecular weight excluding hydrogens is 351 g/mol. The minimum Gasteiger partial charge on any atom is -0.486 e. The van der Waals surface area contributed by atoms with E-state index in [2.05, 4.69) is 10.3 Å². The second kappa shape index (κ2) is 7.11. The van der Waals surface area contributed by atoms with Gasteiger partial charge in [0.25, 0.3) is 0 Å². The largest absolute Gasteiger partial charge is 0.486 e. The number of amides is 1. The van der Waals surface area contributed by atoms with E-state index in [1.165, 1.54) is 6.07 Å². The number of rotatable bonds is 4. The van der Waals surface area contributed by atoms with Gasteiger partial charge in [0.15, 0.2) is 11.5 Å². The zero-order valence-corrected chi connectivity index (χ0v) is 14.6. The Balaban J connectivity index is 1.48. The van der Waals surface area contributed by atoms with Crippen LogP contribution >= 0.6 is 0 Å². The molecule has 0 fully saturated rings. The quantitative estimate of drug-likeness (QED) is 0.759. The molecule has 0 aliphatic carbocycles. The zero-order valence-electron chi connectivity index (χ0n) is 14.6. The van der Waals surface area contributed by atoms with Gasteiger partial charge in [0.05, 0.1) is 17.7 Å². The summed E-state index contributed by atoms with van der Waals surface area (Å²) in [5.41, 5.74) is 1.32. The van der Waals surface area contributed by atoms with E-state index < -0.39 is 5.82 Å². The van der Waals surface area contributed by atoms with Gasteiger partial charge < -0.3 is 19.2 Å². The number of carbonyl (C=O) groups is 1. The van der Waals surface area contributed by atoms with Crippen molar-refractivity contribution in [2.24, 2.45) is 0 Å². The molecule has 0 unspecified atom stereocenters. The molecule has 138 valence electrons. The third kappa shape index (κ3) is 3.62. The van der Waals surface area contributed by atoms with E-state index >= 15 is 0 Å². The van der Waals surface area contributed by atoms with E-state index in [1.54, 1.807) is 43.3 Å². The number of carbonyl (C=O) groups excluding carboxylic acids is 1. The maximum atomic E-state index is 13.9. The number of hydrogen-bond acceptors (Lipinski definition) is 5. The van der Waals surface area contributed by atoms with Crippen LogP contribution in [-0.4, -0.2) is 24.1 Å². The molecule has 1 aliphatic heterocycles. The molecule has 0 spiro atoms. The Kier molecular flexibility index (Phi) is 4.50. The summed E-state index contributed by atoms with van der Waals surface area (Å²) >= 11 is 0. The number of hydrogen-bond donors (Lipinski definition) is 1. The third-order valence-electron chi connectivity index (χ3n) is 4.15. The van der Waals surface area contributed by atoms with Crippen LogP contribution in [0.5, 0.6) is 11.5 Å². The molecule has 0 saturated heterocycles. The first-order valence-corrected chi connectivity index (χ1v) is 8.51. The lowest BCUT2D eigenvalue weighted by Crippen LogP contribution is -2.17. The monoisotopic (exact) mass is 368 g/mol. The van der Waals surface area contributed by atoms with Crippen molar-refractivity contribution < 1.29 is 23.1 Å². The van der Waals surface area contributed by atoms with Crippen molar-refractivity contribution in [1.29, 1.82) is 0 Å². The van der Waals surface area contributed by atoms with Crippen LogP contribution in [0.1, 0.15) is 11.5 Å².